The highest BCUT2D eigenvalue weighted by Crippen LogP contribution is 2.28. The zero-order chi connectivity index (χ0) is 17.8. The molecule has 2 aliphatic rings. The largest absolute Gasteiger partial charge is 0.377 e. The Morgan fingerprint density at radius 1 is 1.32 bits per heavy atom. The lowest BCUT2D eigenvalue weighted by Crippen LogP contribution is -2.44. The number of aromatic nitrogens is 3. The molecule has 0 spiro atoms. The number of rotatable bonds is 6. The lowest BCUT2D eigenvalue weighted by Gasteiger charge is -2.30. The minimum atomic E-state index is -2.74. The monoisotopic (exact) mass is 358 g/mol. The van der Waals surface area contributed by atoms with Gasteiger partial charge < -0.3 is 14.8 Å². The van der Waals surface area contributed by atoms with E-state index < -0.39 is 12.7 Å². The molecule has 0 aromatic carbocycles. The van der Waals surface area contributed by atoms with Crippen molar-refractivity contribution in [2.45, 2.75) is 70.4 Å². The molecule has 1 unspecified atom stereocenters. The Bertz CT molecular complexity index is 588. The van der Waals surface area contributed by atoms with Crippen molar-refractivity contribution in [3.8, 4) is 0 Å². The first-order chi connectivity index (χ1) is 12.0. The van der Waals surface area contributed by atoms with Crippen LogP contribution in [0.2, 0.25) is 0 Å². The lowest BCUT2D eigenvalue weighted by atomic mass is 9.86. The highest BCUT2D eigenvalue weighted by molar-refractivity contribution is 5.79. The van der Waals surface area contributed by atoms with Crippen LogP contribution in [0.1, 0.15) is 43.8 Å². The highest BCUT2D eigenvalue weighted by Gasteiger charge is 2.30. The molecule has 2 heterocycles. The van der Waals surface area contributed by atoms with Crippen LogP contribution in [0.25, 0.3) is 0 Å². The quantitative estimate of drug-likeness (QED) is 0.837. The number of nitrogens with zero attached hydrogens (tertiary/aromatic N) is 3. The maximum Gasteiger partial charge on any atom is 0.345 e. The number of nitrogens with one attached hydrogen (secondary N) is 1. The van der Waals surface area contributed by atoms with Gasteiger partial charge in [0.05, 0.1) is 12.6 Å². The first-order valence-electron chi connectivity index (χ1n) is 8.70. The molecule has 25 heavy (non-hydrogen) atoms. The number of ether oxygens (including phenoxy) is 2. The first-order valence-corrected chi connectivity index (χ1v) is 8.70. The number of carbonyl (C=O) groups is 1. The van der Waals surface area contributed by atoms with Gasteiger partial charge in [0.25, 0.3) is 0 Å². The van der Waals surface area contributed by atoms with Crippen LogP contribution in [-0.4, -0.2) is 46.5 Å². The van der Waals surface area contributed by atoms with Gasteiger partial charge >= 0.3 is 6.61 Å². The molecular formula is C16H24F2N4O3. The highest BCUT2D eigenvalue weighted by atomic mass is 19.3. The zero-order valence-electron chi connectivity index (χ0n) is 14.3. The smallest absolute Gasteiger partial charge is 0.345 e. The average Bonchev–Trinajstić information content (AvgIpc) is 2.97. The fourth-order valence-electron chi connectivity index (χ4n) is 3.59. The van der Waals surface area contributed by atoms with E-state index in [9.17, 15) is 13.6 Å². The SMILES string of the molecule is COCc1nc2n(n1)CC(NC(=O)C1CCC(OC(F)F)CC1)CC2. The molecule has 1 aliphatic heterocycles. The van der Waals surface area contributed by atoms with Gasteiger partial charge in [-0.3, -0.25) is 4.79 Å². The van der Waals surface area contributed by atoms with Crippen LogP contribution >= 0.6 is 0 Å². The second-order valence-corrected chi connectivity index (χ2v) is 6.67. The van der Waals surface area contributed by atoms with E-state index in [-0.39, 0.29) is 17.9 Å². The number of fused-ring (bicyclic) bond motifs is 1. The van der Waals surface area contributed by atoms with E-state index in [0.29, 0.717) is 44.7 Å². The number of amides is 1. The molecule has 1 N–H and O–H groups in total. The molecule has 9 heteroatoms. The van der Waals surface area contributed by atoms with Crippen LogP contribution < -0.4 is 5.32 Å². The molecule has 1 saturated carbocycles. The normalized spacial score (nSPS) is 26.5. The molecule has 1 aromatic heterocycles. The predicted octanol–water partition coefficient (Wildman–Crippen LogP) is 1.65. The summed E-state index contributed by atoms with van der Waals surface area (Å²) in [6.45, 7) is -1.76. The van der Waals surface area contributed by atoms with Crippen molar-refractivity contribution in [3.63, 3.8) is 0 Å². The van der Waals surface area contributed by atoms with Crippen molar-refractivity contribution in [2.24, 2.45) is 5.92 Å². The Hall–Kier alpha value is -1.61. The van der Waals surface area contributed by atoms with Gasteiger partial charge in [-0.05, 0) is 32.1 Å². The molecular weight excluding hydrogens is 334 g/mol. The van der Waals surface area contributed by atoms with Gasteiger partial charge in [-0.2, -0.15) is 13.9 Å². The molecule has 1 aromatic rings. The molecule has 0 bridgehead atoms. The Balaban J connectivity index is 1.47. The van der Waals surface area contributed by atoms with Crippen LogP contribution in [0.5, 0.6) is 0 Å². The van der Waals surface area contributed by atoms with Gasteiger partial charge in [-0.15, -0.1) is 0 Å². The summed E-state index contributed by atoms with van der Waals surface area (Å²) < 4.78 is 35.9. The summed E-state index contributed by atoms with van der Waals surface area (Å²) in [4.78, 5) is 16.9. The number of halogens is 2. The van der Waals surface area contributed by atoms with Gasteiger partial charge in [0.1, 0.15) is 12.4 Å². The maximum atomic E-state index is 12.4. The molecule has 1 fully saturated rings. The van der Waals surface area contributed by atoms with Crippen LogP contribution in [0.3, 0.4) is 0 Å². The van der Waals surface area contributed by atoms with Crippen molar-refractivity contribution < 1.29 is 23.0 Å². The summed E-state index contributed by atoms with van der Waals surface area (Å²) in [5, 5.41) is 7.47. The van der Waals surface area contributed by atoms with E-state index in [2.05, 4.69) is 20.1 Å². The van der Waals surface area contributed by atoms with E-state index in [1.807, 2.05) is 4.68 Å². The number of hydrogen-bond donors (Lipinski definition) is 1. The lowest BCUT2D eigenvalue weighted by molar-refractivity contribution is -0.172. The minimum absolute atomic E-state index is 0.00109. The van der Waals surface area contributed by atoms with Crippen LogP contribution in [0.4, 0.5) is 8.78 Å². The standard InChI is InChI=1S/C16H24F2N4O3/c1-24-9-13-20-14-7-4-11(8-22(14)21-13)19-15(23)10-2-5-12(6-3-10)25-16(17)18/h10-12,16H,2-9H2,1H3,(H,19,23). The van der Waals surface area contributed by atoms with E-state index in [1.165, 1.54) is 0 Å². The van der Waals surface area contributed by atoms with Gasteiger partial charge in [0.15, 0.2) is 5.82 Å². The number of aryl methyl sites for hydroxylation is 1. The third-order valence-electron chi connectivity index (χ3n) is 4.86. The predicted molar refractivity (Wildman–Crippen MR) is 83.8 cm³/mol. The van der Waals surface area contributed by atoms with Crippen LogP contribution in [-0.2, 0) is 33.8 Å². The topological polar surface area (TPSA) is 78.3 Å². The Labute approximate surface area is 145 Å². The van der Waals surface area contributed by atoms with Crippen molar-refractivity contribution >= 4 is 5.91 Å². The van der Waals surface area contributed by atoms with Gasteiger partial charge in [0, 0.05) is 25.5 Å². The number of alkyl halides is 2. The van der Waals surface area contributed by atoms with Crippen molar-refractivity contribution in [1.82, 2.24) is 20.1 Å². The summed E-state index contributed by atoms with van der Waals surface area (Å²) in [5.74, 6) is 1.45. The summed E-state index contributed by atoms with van der Waals surface area (Å²) in [7, 11) is 1.60. The summed E-state index contributed by atoms with van der Waals surface area (Å²) >= 11 is 0. The Kier molecular flexibility index (Phi) is 5.95. The summed E-state index contributed by atoms with van der Waals surface area (Å²) in [5.41, 5.74) is 0. The third-order valence-corrected chi connectivity index (χ3v) is 4.86. The van der Waals surface area contributed by atoms with Crippen molar-refractivity contribution in [3.05, 3.63) is 11.6 Å². The number of methoxy groups -OCH3 is 1. The molecule has 3 rings (SSSR count). The third kappa shape index (κ3) is 4.72. The van der Waals surface area contributed by atoms with E-state index in [1.54, 1.807) is 7.11 Å². The van der Waals surface area contributed by atoms with Crippen molar-refractivity contribution in [2.75, 3.05) is 7.11 Å². The van der Waals surface area contributed by atoms with Gasteiger partial charge in [-0.1, -0.05) is 0 Å². The Morgan fingerprint density at radius 2 is 2.08 bits per heavy atom. The van der Waals surface area contributed by atoms with E-state index >= 15 is 0 Å². The fraction of sp³-hybridized carbons (Fsp3) is 0.812. The average molecular weight is 358 g/mol. The Morgan fingerprint density at radius 3 is 2.76 bits per heavy atom. The van der Waals surface area contributed by atoms with Gasteiger partial charge in [0.2, 0.25) is 5.91 Å². The number of hydrogen-bond acceptors (Lipinski definition) is 5. The molecule has 7 nitrogen and oxygen atoms in total. The van der Waals surface area contributed by atoms with Crippen molar-refractivity contribution in [1.29, 1.82) is 0 Å². The maximum absolute atomic E-state index is 12.4. The van der Waals surface area contributed by atoms with Gasteiger partial charge in [-0.25, -0.2) is 9.67 Å². The fourth-order valence-corrected chi connectivity index (χ4v) is 3.59. The molecule has 0 saturated heterocycles. The summed E-state index contributed by atoms with van der Waals surface area (Å²) in [6, 6.07) is 0.0205. The molecule has 1 aliphatic carbocycles. The molecule has 1 amide bonds. The molecule has 140 valence electrons. The second kappa shape index (κ2) is 8.18. The second-order valence-electron chi connectivity index (χ2n) is 6.67. The molecule has 0 radical (unpaired) electrons. The van der Waals surface area contributed by atoms with E-state index in [0.717, 1.165) is 18.7 Å². The zero-order valence-corrected chi connectivity index (χ0v) is 14.3. The molecule has 1 atom stereocenters. The summed E-state index contributed by atoms with van der Waals surface area (Å²) in [6.07, 6.45) is 3.32. The van der Waals surface area contributed by atoms with Crippen LogP contribution in [0.15, 0.2) is 0 Å². The van der Waals surface area contributed by atoms with E-state index in [4.69, 9.17) is 4.74 Å². The first kappa shape index (κ1) is 18.2. The number of carbonyl (C=O) groups excluding carboxylic acids is 1. The van der Waals surface area contributed by atoms with Crippen LogP contribution in [0, 0.1) is 5.92 Å². The minimum Gasteiger partial charge on any atom is -0.377 e.